The van der Waals surface area contributed by atoms with E-state index in [1.807, 2.05) is 0 Å². The molecule has 0 aromatic heterocycles. The Hall–Kier alpha value is -3.05. The number of hydrazone groups is 1. The van der Waals surface area contributed by atoms with Crippen LogP contribution >= 0.6 is 23.5 Å². The Morgan fingerprint density at radius 1 is 0.967 bits per heavy atom. The first-order chi connectivity index (χ1) is 14.4. The molecule has 2 heterocycles. The maximum atomic E-state index is 13.2. The van der Waals surface area contributed by atoms with Crippen molar-refractivity contribution in [3.05, 3.63) is 50.0 Å². The molecule has 30 heavy (non-hydrogen) atoms. The fourth-order valence-corrected chi connectivity index (χ4v) is 5.07. The molecular weight excluding hydrogens is 432 g/mol. The summed E-state index contributed by atoms with van der Waals surface area (Å²) in [6.07, 6.45) is 0. The number of hydrogen-bond acceptors (Lipinski definition) is 10. The number of thioether (sulfide) groups is 2. The van der Waals surface area contributed by atoms with Gasteiger partial charge in [-0.15, -0.1) is 0 Å². The van der Waals surface area contributed by atoms with Gasteiger partial charge >= 0.3 is 17.9 Å². The van der Waals surface area contributed by atoms with Crippen molar-refractivity contribution in [2.75, 3.05) is 25.8 Å². The molecule has 0 unspecified atom stereocenters. The molecule has 0 N–H and O–H groups in total. The van der Waals surface area contributed by atoms with Crippen LogP contribution in [0.4, 0.5) is 5.69 Å². The third-order valence-electron chi connectivity index (χ3n) is 3.85. The van der Waals surface area contributed by atoms with E-state index in [1.165, 1.54) is 14.2 Å². The van der Waals surface area contributed by atoms with Crippen molar-refractivity contribution in [2.24, 2.45) is 5.10 Å². The molecule has 0 saturated heterocycles. The molecule has 0 spiro atoms. The Bertz CT molecular complexity index is 985. The van der Waals surface area contributed by atoms with Gasteiger partial charge in [-0.25, -0.2) is 14.4 Å². The van der Waals surface area contributed by atoms with E-state index >= 15 is 0 Å². The van der Waals surface area contributed by atoms with Gasteiger partial charge in [0.1, 0.15) is 9.81 Å². The number of nitrogens with zero attached hydrogens (tertiary/aromatic N) is 2. The Kier molecular flexibility index (Phi) is 6.63. The number of esters is 3. The van der Waals surface area contributed by atoms with Gasteiger partial charge in [0.2, 0.25) is 0 Å². The van der Waals surface area contributed by atoms with Crippen molar-refractivity contribution in [3.8, 4) is 0 Å². The van der Waals surface area contributed by atoms with E-state index in [9.17, 15) is 19.2 Å². The van der Waals surface area contributed by atoms with Gasteiger partial charge in [0.15, 0.2) is 5.71 Å². The van der Waals surface area contributed by atoms with E-state index in [1.54, 1.807) is 37.3 Å². The fraction of sp³-hybridized carbons (Fsp3) is 0.211. The standard InChI is InChI=1S/C19H16N2O7S2/c1-4-28-16(23)12-11(15(22)21(20-12)10-8-6-5-7-9-10)19-29-13(17(24)26-2)14(30-19)18(25)27-3/h5-9H,4H2,1-3H3. The summed E-state index contributed by atoms with van der Waals surface area (Å²) in [5.74, 6) is -2.90. The Balaban J connectivity index is 2.08. The molecule has 11 heteroatoms. The average Bonchev–Trinajstić information content (AvgIpc) is 3.34. The lowest BCUT2D eigenvalue weighted by Gasteiger charge is -2.11. The lowest BCUT2D eigenvalue weighted by molar-refractivity contribution is -0.138. The van der Waals surface area contributed by atoms with Gasteiger partial charge in [-0.05, 0) is 19.1 Å². The zero-order valence-electron chi connectivity index (χ0n) is 16.2. The van der Waals surface area contributed by atoms with Crippen LogP contribution < -0.4 is 5.01 Å². The minimum Gasteiger partial charge on any atom is -0.465 e. The smallest absolute Gasteiger partial charge is 0.359 e. The molecule has 0 radical (unpaired) electrons. The minimum absolute atomic E-state index is 0.0361. The summed E-state index contributed by atoms with van der Waals surface area (Å²) in [5.41, 5.74) is 0.172. The van der Waals surface area contributed by atoms with Crippen molar-refractivity contribution in [3.63, 3.8) is 0 Å². The van der Waals surface area contributed by atoms with Crippen LogP contribution in [0.15, 0.2) is 55.1 Å². The highest BCUT2D eigenvalue weighted by Crippen LogP contribution is 2.52. The Morgan fingerprint density at radius 3 is 2.03 bits per heavy atom. The molecule has 1 aromatic carbocycles. The molecule has 2 aliphatic heterocycles. The summed E-state index contributed by atoms with van der Waals surface area (Å²) in [7, 11) is 2.34. The number of rotatable bonds is 5. The van der Waals surface area contributed by atoms with Crippen molar-refractivity contribution in [2.45, 2.75) is 6.92 Å². The van der Waals surface area contributed by atoms with E-state index in [-0.39, 0.29) is 31.9 Å². The highest BCUT2D eigenvalue weighted by atomic mass is 32.2. The predicted octanol–water partition coefficient (Wildman–Crippen LogP) is 2.20. The Labute approximate surface area is 180 Å². The van der Waals surface area contributed by atoms with Crippen LogP contribution in [0.25, 0.3) is 0 Å². The zero-order valence-corrected chi connectivity index (χ0v) is 17.8. The van der Waals surface area contributed by atoms with Crippen LogP contribution in [-0.2, 0) is 33.4 Å². The van der Waals surface area contributed by atoms with Crippen LogP contribution in [0.1, 0.15) is 6.92 Å². The average molecular weight is 448 g/mol. The second kappa shape index (κ2) is 9.18. The third-order valence-corrected chi connectivity index (χ3v) is 6.41. The molecule has 2 aliphatic rings. The normalized spacial score (nSPS) is 16.0. The van der Waals surface area contributed by atoms with Crippen LogP contribution in [0.5, 0.6) is 0 Å². The summed E-state index contributed by atoms with van der Waals surface area (Å²) >= 11 is 1.69. The highest BCUT2D eigenvalue weighted by Gasteiger charge is 2.43. The van der Waals surface area contributed by atoms with Gasteiger partial charge in [0, 0.05) is 0 Å². The number of amides is 1. The summed E-state index contributed by atoms with van der Waals surface area (Å²) in [4.78, 5) is 49.9. The van der Waals surface area contributed by atoms with Gasteiger partial charge in [-0.2, -0.15) is 10.1 Å². The summed E-state index contributed by atoms with van der Waals surface area (Å²) in [6, 6.07) is 8.53. The number of carbonyl (C=O) groups excluding carboxylic acids is 4. The van der Waals surface area contributed by atoms with Crippen LogP contribution in [0.3, 0.4) is 0 Å². The number of benzene rings is 1. The van der Waals surface area contributed by atoms with Crippen molar-refractivity contribution in [1.82, 2.24) is 0 Å². The minimum atomic E-state index is -0.792. The lowest BCUT2D eigenvalue weighted by Crippen LogP contribution is -2.23. The largest absolute Gasteiger partial charge is 0.465 e. The maximum Gasteiger partial charge on any atom is 0.359 e. The number of hydrogen-bond donors (Lipinski definition) is 0. The van der Waals surface area contributed by atoms with Gasteiger partial charge in [-0.3, -0.25) is 4.79 Å². The quantitative estimate of drug-likeness (QED) is 0.380. The first-order valence-corrected chi connectivity index (χ1v) is 10.2. The Morgan fingerprint density at radius 2 is 1.53 bits per heavy atom. The van der Waals surface area contributed by atoms with E-state index in [2.05, 4.69) is 5.10 Å². The number of anilines is 1. The highest BCUT2D eigenvalue weighted by molar-refractivity contribution is 8.29. The zero-order chi connectivity index (χ0) is 21.8. The molecule has 3 rings (SSSR count). The van der Waals surface area contributed by atoms with Gasteiger partial charge in [-0.1, -0.05) is 41.7 Å². The maximum absolute atomic E-state index is 13.2. The molecule has 0 aliphatic carbocycles. The van der Waals surface area contributed by atoms with Crippen molar-refractivity contribution in [1.29, 1.82) is 0 Å². The molecule has 0 fully saturated rings. The van der Waals surface area contributed by atoms with E-state index in [0.717, 1.165) is 28.5 Å². The van der Waals surface area contributed by atoms with Gasteiger partial charge in [0.05, 0.1) is 36.3 Å². The number of para-hydroxylation sites is 1. The lowest BCUT2D eigenvalue weighted by atomic mass is 10.2. The second-order valence-corrected chi connectivity index (χ2v) is 7.93. The first-order valence-electron chi connectivity index (χ1n) is 8.59. The monoisotopic (exact) mass is 448 g/mol. The molecule has 0 bridgehead atoms. The second-order valence-electron chi connectivity index (χ2n) is 5.63. The number of ether oxygens (including phenoxy) is 3. The first kappa shape index (κ1) is 21.7. The van der Waals surface area contributed by atoms with Crippen LogP contribution in [-0.4, -0.2) is 50.4 Å². The molecule has 1 aromatic rings. The fourth-order valence-electron chi connectivity index (χ4n) is 2.53. The van der Waals surface area contributed by atoms with Crippen molar-refractivity contribution >= 4 is 58.7 Å². The SMILES string of the molecule is CCOC(=O)C1=NN(c2ccccc2)C(=O)C1=C1SC(C(=O)OC)=C(C(=O)OC)S1. The predicted molar refractivity (Wildman–Crippen MR) is 111 cm³/mol. The molecular formula is C19H16N2O7S2. The summed E-state index contributed by atoms with van der Waals surface area (Å²) in [5, 5.41) is 5.23. The molecule has 1 amide bonds. The molecule has 156 valence electrons. The van der Waals surface area contributed by atoms with E-state index in [4.69, 9.17) is 14.2 Å². The molecule has 9 nitrogen and oxygen atoms in total. The number of methoxy groups -OCH3 is 2. The summed E-state index contributed by atoms with van der Waals surface area (Å²) in [6.45, 7) is 1.71. The van der Waals surface area contributed by atoms with E-state index < -0.39 is 23.8 Å². The van der Waals surface area contributed by atoms with Crippen LogP contribution in [0.2, 0.25) is 0 Å². The van der Waals surface area contributed by atoms with E-state index in [0.29, 0.717) is 5.69 Å². The van der Waals surface area contributed by atoms with Gasteiger partial charge in [0.25, 0.3) is 5.91 Å². The molecule has 0 atom stereocenters. The topological polar surface area (TPSA) is 112 Å². The summed E-state index contributed by atoms with van der Waals surface area (Å²) < 4.78 is 14.7. The molecule has 0 saturated carbocycles. The number of carbonyl (C=O) groups is 4. The van der Waals surface area contributed by atoms with Crippen LogP contribution in [0, 0.1) is 0 Å². The third kappa shape index (κ3) is 3.98. The van der Waals surface area contributed by atoms with Crippen molar-refractivity contribution < 1.29 is 33.4 Å². The van der Waals surface area contributed by atoms with Gasteiger partial charge < -0.3 is 14.2 Å².